The Kier molecular flexibility index (Phi) is 5.82. The molecule has 1 aliphatic rings. The molecule has 3 heterocycles. The van der Waals surface area contributed by atoms with Crippen LogP contribution in [0.5, 0.6) is 0 Å². The lowest BCUT2D eigenvalue weighted by Crippen LogP contribution is -2.41. The van der Waals surface area contributed by atoms with Crippen molar-refractivity contribution in [2.24, 2.45) is 5.92 Å². The highest BCUT2D eigenvalue weighted by molar-refractivity contribution is 5.79. The van der Waals surface area contributed by atoms with Crippen molar-refractivity contribution >= 4 is 5.91 Å². The van der Waals surface area contributed by atoms with E-state index in [1.165, 1.54) is 10.8 Å². The second-order valence-corrected chi connectivity index (χ2v) is 6.81. The fraction of sp³-hybridized carbons (Fsp3) is 0.526. The first-order valence-electron chi connectivity index (χ1n) is 9.20. The van der Waals surface area contributed by atoms with Crippen LogP contribution in [0.15, 0.2) is 30.6 Å². The Bertz CT molecular complexity index is 773. The van der Waals surface area contributed by atoms with Crippen molar-refractivity contribution in [2.75, 3.05) is 13.1 Å². The minimum Gasteiger partial charge on any atom is -0.342 e. The average molecular weight is 380 g/mol. The zero-order chi connectivity index (χ0) is 19.4. The van der Waals surface area contributed by atoms with Gasteiger partial charge >= 0.3 is 6.18 Å². The lowest BCUT2D eigenvalue weighted by molar-refractivity contribution is -0.147. The molecule has 146 valence electrons. The number of halogens is 3. The summed E-state index contributed by atoms with van der Waals surface area (Å²) in [5, 5.41) is 0. The molecule has 0 saturated carbocycles. The Balaban J connectivity index is 1.67. The molecule has 0 spiro atoms. The van der Waals surface area contributed by atoms with Gasteiger partial charge in [0.1, 0.15) is 0 Å². The first-order chi connectivity index (χ1) is 12.9. The first-order valence-corrected chi connectivity index (χ1v) is 9.20. The molecule has 0 bridgehead atoms. The molecule has 2 aromatic heterocycles. The molecule has 8 heteroatoms. The number of rotatable bonds is 6. The summed E-state index contributed by atoms with van der Waals surface area (Å²) in [6.07, 6.45) is 0.696. The van der Waals surface area contributed by atoms with Crippen molar-refractivity contribution in [2.45, 2.75) is 45.3 Å². The Hall–Kier alpha value is -2.38. The van der Waals surface area contributed by atoms with Crippen LogP contribution >= 0.6 is 0 Å². The summed E-state index contributed by atoms with van der Waals surface area (Å²) >= 11 is 0. The van der Waals surface area contributed by atoms with Gasteiger partial charge in [-0.2, -0.15) is 13.2 Å². The largest absolute Gasteiger partial charge is 0.449 e. The fourth-order valence-corrected chi connectivity index (χ4v) is 3.56. The number of pyridine rings is 1. The van der Waals surface area contributed by atoms with Crippen LogP contribution in [-0.2, 0) is 30.4 Å². The molecule has 1 atom stereocenters. The number of hydrogen-bond donors (Lipinski definition) is 0. The Morgan fingerprint density at radius 2 is 2.11 bits per heavy atom. The Morgan fingerprint density at radius 1 is 1.30 bits per heavy atom. The van der Waals surface area contributed by atoms with Crippen molar-refractivity contribution in [1.82, 2.24) is 19.4 Å². The van der Waals surface area contributed by atoms with Gasteiger partial charge in [0.05, 0.1) is 0 Å². The third-order valence-corrected chi connectivity index (χ3v) is 4.87. The smallest absolute Gasteiger partial charge is 0.342 e. The first kappa shape index (κ1) is 19.4. The van der Waals surface area contributed by atoms with Gasteiger partial charge in [-0.1, -0.05) is 13.0 Å². The van der Waals surface area contributed by atoms with Gasteiger partial charge in [0.2, 0.25) is 11.7 Å². The van der Waals surface area contributed by atoms with E-state index in [2.05, 4.69) is 9.97 Å². The van der Waals surface area contributed by atoms with E-state index in [0.717, 1.165) is 12.1 Å². The van der Waals surface area contributed by atoms with Gasteiger partial charge < -0.3 is 9.47 Å². The molecule has 0 aromatic carbocycles. The summed E-state index contributed by atoms with van der Waals surface area (Å²) < 4.78 is 40.2. The maximum absolute atomic E-state index is 13.0. The van der Waals surface area contributed by atoms with Gasteiger partial charge in [0.25, 0.3) is 0 Å². The van der Waals surface area contributed by atoms with Crippen LogP contribution in [0, 0.1) is 5.92 Å². The molecule has 3 rings (SSSR count). The predicted molar refractivity (Wildman–Crippen MR) is 93.9 cm³/mol. The van der Waals surface area contributed by atoms with Crippen molar-refractivity contribution in [3.63, 3.8) is 0 Å². The molecule has 1 aliphatic heterocycles. The molecule has 27 heavy (non-hydrogen) atoms. The van der Waals surface area contributed by atoms with Crippen LogP contribution in [0.1, 0.15) is 37.0 Å². The van der Waals surface area contributed by atoms with Gasteiger partial charge in [-0.05, 0) is 25.0 Å². The third kappa shape index (κ3) is 4.48. The fourth-order valence-electron chi connectivity index (χ4n) is 3.56. The minimum absolute atomic E-state index is 0.00814. The van der Waals surface area contributed by atoms with E-state index in [9.17, 15) is 18.0 Å². The van der Waals surface area contributed by atoms with E-state index in [4.69, 9.17) is 0 Å². The van der Waals surface area contributed by atoms with Crippen molar-refractivity contribution in [3.05, 3.63) is 47.8 Å². The maximum atomic E-state index is 13.0. The van der Waals surface area contributed by atoms with Crippen molar-refractivity contribution in [1.29, 1.82) is 0 Å². The molecule has 0 radical (unpaired) electrons. The van der Waals surface area contributed by atoms with E-state index in [-0.39, 0.29) is 18.4 Å². The normalized spacial score (nSPS) is 16.8. The molecule has 0 saturated heterocycles. The van der Waals surface area contributed by atoms with Gasteiger partial charge in [-0.25, -0.2) is 4.98 Å². The number of carbonyl (C=O) groups excluding carboxylic acids is 1. The average Bonchev–Trinajstić information content (AvgIpc) is 3.09. The highest BCUT2D eigenvalue weighted by atomic mass is 19.4. The maximum Gasteiger partial charge on any atom is 0.449 e. The molecule has 0 N–H and O–H groups in total. The molecule has 1 unspecified atom stereocenters. The zero-order valence-electron chi connectivity index (χ0n) is 15.2. The number of nitrogens with zero attached hydrogens (tertiary/aromatic N) is 4. The lowest BCUT2D eigenvalue weighted by Gasteiger charge is -2.30. The summed E-state index contributed by atoms with van der Waals surface area (Å²) in [6, 6.07) is 5.68. The molecule has 0 fully saturated rings. The van der Waals surface area contributed by atoms with Crippen LogP contribution in [0.3, 0.4) is 0 Å². The summed E-state index contributed by atoms with van der Waals surface area (Å²) in [5.41, 5.74) is 1.40. The third-order valence-electron chi connectivity index (χ3n) is 4.87. The number of carbonyl (C=O) groups is 1. The quantitative estimate of drug-likeness (QED) is 0.772. The Morgan fingerprint density at radius 3 is 2.78 bits per heavy atom. The summed E-state index contributed by atoms with van der Waals surface area (Å²) in [5.74, 6) is -1.16. The molecular formula is C19H23F3N4O. The highest BCUT2D eigenvalue weighted by Gasteiger charge is 2.39. The number of imidazole rings is 1. The molecule has 5 nitrogen and oxygen atoms in total. The lowest BCUT2D eigenvalue weighted by atomic mass is 9.94. The number of fused-ring (bicyclic) bond motifs is 1. The van der Waals surface area contributed by atoms with E-state index in [1.807, 2.05) is 30.0 Å². The van der Waals surface area contributed by atoms with E-state index >= 15 is 0 Å². The van der Waals surface area contributed by atoms with E-state index in [0.29, 0.717) is 38.0 Å². The summed E-state index contributed by atoms with van der Waals surface area (Å²) in [7, 11) is 0. The number of alkyl halides is 3. The number of amides is 1. The van der Waals surface area contributed by atoms with Crippen LogP contribution in [0.25, 0.3) is 0 Å². The van der Waals surface area contributed by atoms with Gasteiger partial charge in [-0.3, -0.25) is 9.78 Å². The summed E-state index contributed by atoms with van der Waals surface area (Å²) in [4.78, 5) is 22.6. The van der Waals surface area contributed by atoms with Crippen molar-refractivity contribution in [3.8, 4) is 0 Å². The standard InChI is InChI=1S/C19H23F3N4O/c1-2-9-25(10-7-15-5-3-4-8-23-15)17(27)14-6-11-26-16(12-14)13-24-18(26)19(20,21)22/h3-5,8,13-14H,2,6-7,9-12H2,1H3. The van der Waals surface area contributed by atoms with Gasteiger partial charge in [0.15, 0.2) is 0 Å². The van der Waals surface area contributed by atoms with E-state index in [1.54, 1.807) is 6.20 Å². The molecule has 1 amide bonds. The summed E-state index contributed by atoms with van der Waals surface area (Å²) in [6.45, 7) is 3.37. The molecule has 0 aliphatic carbocycles. The van der Waals surface area contributed by atoms with E-state index < -0.39 is 12.0 Å². The molecule has 2 aromatic rings. The van der Waals surface area contributed by atoms with Gasteiger partial charge in [-0.15, -0.1) is 0 Å². The predicted octanol–water partition coefficient (Wildman–Crippen LogP) is 3.34. The van der Waals surface area contributed by atoms with Crippen LogP contribution in [-0.4, -0.2) is 38.4 Å². The number of hydrogen-bond acceptors (Lipinski definition) is 3. The number of aromatic nitrogens is 3. The zero-order valence-corrected chi connectivity index (χ0v) is 15.2. The molecular weight excluding hydrogens is 357 g/mol. The Labute approximate surface area is 156 Å². The second kappa shape index (κ2) is 8.10. The van der Waals surface area contributed by atoms with Crippen LogP contribution < -0.4 is 0 Å². The van der Waals surface area contributed by atoms with Gasteiger partial charge in [0, 0.05) is 62.2 Å². The van der Waals surface area contributed by atoms with Crippen molar-refractivity contribution < 1.29 is 18.0 Å². The van der Waals surface area contributed by atoms with Crippen LogP contribution in [0.2, 0.25) is 0 Å². The highest BCUT2D eigenvalue weighted by Crippen LogP contribution is 2.32. The SMILES string of the molecule is CCCN(CCc1ccccn1)C(=O)C1CCn2c(cnc2C(F)(F)F)C1. The topological polar surface area (TPSA) is 51.0 Å². The van der Waals surface area contributed by atoms with Crippen LogP contribution in [0.4, 0.5) is 13.2 Å². The monoisotopic (exact) mass is 380 g/mol. The second-order valence-electron chi connectivity index (χ2n) is 6.81. The minimum atomic E-state index is -4.47.